The van der Waals surface area contributed by atoms with Gasteiger partial charge in [0.25, 0.3) is 27.5 Å². The van der Waals surface area contributed by atoms with Gasteiger partial charge in [-0.2, -0.15) is 4.98 Å². The van der Waals surface area contributed by atoms with Crippen molar-refractivity contribution in [1.29, 1.82) is 0 Å². The molecular formula is C50H60FN7O8S. The molecule has 17 heteroatoms. The van der Waals surface area contributed by atoms with E-state index in [1.165, 1.54) is 61.8 Å². The van der Waals surface area contributed by atoms with Gasteiger partial charge in [0.2, 0.25) is 0 Å². The summed E-state index contributed by atoms with van der Waals surface area (Å²) < 4.78 is 56.4. The van der Waals surface area contributed by atoms with Crippen LogP contribution < -0.4 is 24.4 Å². The Labute approximate surface area is 390 Å². The Morgan fingerprint density at radius 1 is 1.01 bits per heavy atom. The van der Waals surface area contributed by atoms with E-state index in [-0.39, 0.29) is 51.0 Å². The maximum absolute atomic E-state index is 14.8. The van der Waals surface area contributed by atoms with Gasteiger partial charge in [0.1, 0.15) is 22.9 Å². The number of nitro groups is 1. The Kier molecular flexibility index (Phi) is 12.7. The zero-order chi connectivity index (χ0) is 47.3. The van der Waals surface area contributed by atoms with Crippen LogP contribution in [0.4, 0.5) is 21.5 Å². The van der Waals surface area contributed by atoms with E-state index in [1.54, 1.807) is 19.1 Å². The zero-order valence-corrected chi connectivity index (χ0v) is 39.3. The third kappa shape index (κ3) is 9.55. The maximum Gasteiger partial charge on any atom is 0.293 e. The lowest BCUT2D eigenvalue weighted by atomic mass is 9.70. The number of amides is 1. The molecule has 0 radical (unpaired) electrons. The van der Waals surface area contributed by atoms with Crippen LogP contribution in [-0.2, 0) is 10.0 Å². The molecule has 9 rings (SSSR count). The normalized spacial score (nSPS) is 23.0. The fourth-order valence-corrected chi connectivity index (χ4v) is 12.0. The van der Waals surface area contributed by atoms with Crippen molar-refractivity contribution >= 4 is 44.0 Å². The molecule has 4 fully saturated rings. The summed E-state index contributed by atoms with van der Waals surface area (Å²) >= 11 is 0. The van der Waals surface area contributed by atoms with Crippen molar-refractivity contribution in [3.8, 4) is 17.4 Å². The highest BCUT2D eigenvalue weighted by molar-refractivity contribution is 7.90. The number of aliphatic hydroxyl groups is 1. The second-order valence-electron chi connectivity index (χ2n) is 19.8. The number of nitrogens with zero attached hydrogens (tertiary/aromatic N) is 4. The number of hydrogen-bond acceptors (Lipinski definition) is 12. The average molecular weight is 938 g/mol. The molecule has 2 saturated heterocycles. The highest BCUT2D eigenvalue weighted by Gasteiger charge is 2.49. The SMILES string of the molecule is COc1nc2[nH]cc(F)c2cc1Oc1cc(N2CCC3(CC2)CN([C@H]2CCC[C@H]2c2ccccc2C(C)C)C3)ccc1C(=O)NS(=O)(=O)c1ccc(NCC2CCC(C)(O)CC2)c([N+](=O)[O-])c1. The number of likely N-dealkylation sites (tertiary alicyclic amines) is 1. The van der Waals surface area contributed by atoms with Crippen LogP contribution in [0.15, 0.2) is 77.8 Å². The predicted molar refractivity (Wildman–Crippen MR) is 254 cm³/mol. The Morgan fingerprint density at radius 3 is 2.48 bits per heavy atom. The number of fused-ring (bicyclic) bond motifs is 1. The molecule has 67 heavy (non-hydrogen) atoms. The summed E-state index contributed by atoms with van der Waals surface area (Å²) in [6.45, 7) is 10.4. The van der Waals surface area contributed by atoms with Gasteiger partial charge in [-0.3, -0.25) is 19.8 Å². The summed E-state index contributed by atoms with van der Waals surface area (Å²) in [5, 5.41) is 25.7. The lowest BCUT2D eigenvalue weighted by Gasteiger charge is -2.57. The monoisotopic (exact) mass is 937 g/mol. The number of nitro benzene ring substituents is 1. The molecule has 1 spiro atoms. The minimum Gasteiger partial charge on any atom is -0.478 e. The third-order valence-electron chi connectivity index (χ3n) is 14.9. The van der Waals surface area contributed by atoms with Crippen molar-refractivity contribution in [2.24, 2.45) is 11.3 Å². The van der Waals surface area contributed by atoms with Crippen LogP contribution in [0.25, 0.3) is 11.0 Å². The van der Waals surface area contributed by atoms with Crippen molar-refractivity contribution in [3.63, 3.8) is 0 Å². The first-order chi connectivity index (χ1) is 32.0. The Hall–Kier alpha value is -5.78. The first-order valence-electron chi connectivity index (χ1n) is 23.5. The molecule has 3 aromatic carbocycles. The van der Waals surface area contributed by atoms with Crippen molar-refractivity contribution in [1.82, 2.24) is 19.6 Å². The summed E-state index contributed by atoms with van der Waals surface area (Å²) in [5.41, 5.74) is 2.93. The van der Waals surface area contributed by atoms with Crippen molar-refractivity contribution in [2.45, 2.75) is 107 Å². The highest BCUT2D eigenvalue weighted by Crippen LogP contribution is 2.49. The number of piperidine rings is 1. The van der Waals surface area contributed by atoms with Crippen LogP contribution in [0.2, 0.25) is 0 Å². The number of rotatable bonds is 14. The molecule has 356 valence electrons. The summed E-state index contributed by atoms with van der Waals surface area (Å²) in [6.07, 6.45) is 9.50. The summed E-state index contributed by atoms with van der Waals surface area (Å²) in [6, 6.07) is 19.2. The molecule has 4 N–H and O–H groups in total. The number of anilines is 2. The van der Waals surface area contributed by atoms with Crippen molar-refractivity contribution in [3.05, 3.63) is 106 Å². The topological polar surface area (TPSA) is 192 Å². The van der Waals surface area contributed by atoms with E-state index in [0.29, 0.717) is 37.3 Å². The lowest BCUT2D eigenvalue weighted by Crippen LogP contribution is -2.63. The predicted octanol–water partition coefficient (Wildman–Crippen LogP) is 9.24. The number of ether oxygens (including phenoxy) is 2. The molecule has 2 aliphatic carbocycles. The van der Waals surface area contributed by atoms with E-state index in [2.05, 4.69) is 67.9 Å². The maximum atomic E-state index is 14.8. The Morgan fingerprint density at radius 2 is 1.76 bits per heavy atom. The minimum atomic E-state index is -4.65. The molecule has 5 aromatic rings. The van der Waals surface area contributed by atoms with Gasteiger partial charge in [0.05, 0.1) is 33.5 Å². The third-order valence-corrected chi connectivity index (χ3v) is 16.2. The molecule has 15 nitrogen and oxygen atoms in total. The first-order valence-corrected chi connectivity index (χ1v) is 24.9. The Bertz CT molecular complexity index is 2770. The first kappa shape index (κ1) is 46.3. The summed E-state index contributed by atoms with van der Waals surface area (Å²) in [5.74, 6) is -0.455. The van der Waals surface area contributed by atoms with Crippen LogP contribution in [0.5, 0.6) is 17.4 Å². The van der Waals surface area contributed by atoms with E-state index >= 15 is 0 Å². The number of hydrogen-bond donors (Lipinski definition) is 4. The Balaban J connectivity index is 0.927. The number of aromatic amines is 1. The van der Waals surface area contributed by atoms with Gasteiger partial charge in [-0.05, 0) is 117 Å². The van der Waals surface area contributed by atoms with Crippen LogP contribution in [0.3, 0.4) is 0 Å². The summed E-state index contributed by atoms with van der Waals surface area (Å²) in [4.78, 5) is 37.2. The van der Waals surface area contributed by atoms with Crippen molar-refractivity contribution < 1.29 is 37.1 Å². The molecule has 2 aromatic heterocycles. The summed E-state index contributed by atoms with van der Waals surface area (Å²) in [7, 11) is -3.28. The number of methoxy groups -OCH3 is 1. The smallest absolute Gasteiger partial charge is 0.293 e. The van der Waals surface area contributed by atoms with Gasteiger partial charge in [-0.25, -0.2) is 17.5 Å². The lowest BCUT2D eigenvalue weighted by molar-refractivity contribution is -0.384. The fourth-order valence-electron chi connectivity index (χ4n) is 11.0. The van der Waals surface area contributed by atoms with Gasteiger partial charge >= 0.3 is 0 Å². The van der Waals surface area contributed by atoms with Gasteiger partial charge in [0, 0.05) is 68.8 Å². The molecule has 2 saturated carbocycles. The molecule has 2 aliphatic heterocycles. The van der Waals surface area contributed by atoms with Crippen LogP contribution in [0.1, 0.15) is 112 Å². The van der Waals surface area contributed by atoms with E-state index in [9.17, 15) is 32.8 Å². The van der Waals surface area contributed by atoms with E-state index < -0.39 is 42.9 Å². The van der Waals surface area contributed by atoms with Gasteiger partial charge in [-0.15, -0.1) is 0 Å². The van der Waals surface area contributed by atoms with E-state index in [0.717, 1.165) is 69.8 Å². The standard InChI is InChI=1S/C50H60FN7O8S/c1-31(2)35-8-5-6-9-36(35)37-10-7-11-42(37)57-29-50(30-57)20-22-56(23-21-50)33-12-14-38(44(24-33)66-45-26-39-40(51)28-53-46(39)54-48(45)65-4)47(59)55-67(63,64)34-13-15-41(43(25-34)58(61)62)52-27-32-16-18-49(3,60)19-17-32/h5-6,8-9,12-15,24-26,28,31-32,37,42,52,60H,7,10-11,16-23,27,29-30H2,1-4H3,(H,53,54)(H,55,59)/t32?,37-,42-,49?/m0/s1. The van der Waals surface area contributed by atoms with Crippen LogP contribution in [0, 0.1) is 27.3 Å². The number of carbonyl (C=O) groups is 1. The molecule has 2 atom stereocenters. The minimum absolute atomic E-state index is 0.00162. The number of sulfonamides is 1. The molecule has 4 aliphatic rings. The molecule has 0 unspecified atom stereocenters. The molecule has 4 heterocycles. The van der Waals surface area contributed by atoms with Crippen molar-refractivity contribution in [2.75, 3.05) is 50.1 Å². The van der Waals surface area contributed by atoms with Crippen LogP contribution >= 0.6 is 0 Å². The number of carbonyl (C=O) groups excluding carboxylic acids is 1. The van der Waals surface area contributed by atoms with E-state index in [1.807, 2.05) is 0 Å². The number of halogens is 1. The van der Waals surface area contributed by atoms with Crippen LogP contribution in [-0.4, -0.2) is 90.7 Å². The zero-order valence-electron chi connectivity index (χ0n) is 38.5. The van der Waals surface area contributed by atoms with Gasteiger partial charge < -0.3 is 29.8 Å². The molecule has 1 amide bonds. The number of aromatic nitrogens is 2. The number of pyridine rings is 1. The quantitative estimate of drug-likeness (QED) is 0.0611. The van der Waals surface area contributed by atoms with Gasteiger partial charge in [-0.1, -0.05) is 44.5 Å². The van der Waals surface area contributed by atoms with E-state index in [4.69, 9.17) is 9.47 Å². The average Bonchev–Trinajstić information content (AvgIpc) is 3.93. The number of benzene rings is 3. The second-order valence-corrected chi connectivity index (χ2v) is 21.5. The fraction of sp³-hybridized carbons (Fsp3) is 0.480. The largest absolute Gasteiger partial charge is 0.478 e. The number of nitrogens with one attached hydrogen (secondary N) is 3. The van der Waals surface area contributed by atoms with Gasteiger partial charge in [0.15, 0.2) is 5.75 Å². The number of H-pyrrole nitrogens is 1. The molecule has 0 bridgehead atoms. The highest BCUT2D eigenvalue weighted by atomic mass is 32.2. The second kappa shape index (κ2) is 18.4. The molecular weight excluding hydrogens is 878 g/mol.